The number of hydrogen-bond acceptors (Lipinski definition) is 4. The topological polar surface area (TPSA) is 71.2 Å². The van der Waals surface area contributed by atoms with E-state index < -0.39 is 5.60 Å². The van der Waals surface area contributed by atoms with Gasteiger partial charge in [0.25, 0.3) is 0 Å². The minimum Gasteiger partial charge on any atom is -0.444 e. The van der Waals surface area contributed by atoms with E-state index in [1.54, 1.807) is 16.2 Å². The number of guanidine groups is 1. The number of aliphatic imine (C=N–C) groups is 1. The highest BCUT2D eigenvalue weighted by molar-refractivity contribution is 14.0. The van der Waals surface area contributed by atoms with E-state index in [1.807, 2.05) is 43.2 Å². The predicted molar refractivity (Wildman–Crippen MR) is 104 cm³/mol. The number of carbonyl (C=O) groups excluding carboxylic acids is 1. The van der Waals surface area contributed by atoms with Crippen molar-refractivity contribution < 1.29 is 9.53 Å². The van der Waals surface area contributed by atoms with E-state index in [1.165, 1.54) is 4.88 Å². The van der Waals surface area contributed by atoms with E-state index in [0.29, 0.717) is 38.7 Å². The number of ether oxygens (including phenoxy) is 1. The molecule has 6 nitrogen and oxygen atoms in total. The van der Waals surface area contributed by atoms with Gasteiger partial charge in [0, 0.05) is 31.1 Å². The maximum atomic E-state index is 12.0. The Hall–Kier alpha value is -1.03. The van der Waals surface area contributed by atoms with Crippen LogP contribution in [0, 0.1) is 0 Å². The average Bonchev–Trinajstić information content (AvgIpc) is 2.96. The second-order valence-corrected chi connectivity index (χ2v) is 7.24. The number of hydrogen-bond donors (Lipinski definition) is 1. The lowest BCUT2D eigenvalue weighted by molar-refractivity contribution is 0.0186. The van der Waals surface area contributed by atoms with Gasteiger partial charge in [-0.15, -0.1) is 35.3 Å². The van der Waals surface area contributed by atoms with Crippen molar-refractivity contribution in [3.05, 3.63) is 22.4 Å². The second-order valence-electron chi connectivity index (χ2n) is 6.21. The lowest BCUT2D eigenvalue weighted by atomic mass is 10.2. The van der Waals surface area contributed by atoms with Crippen LogP contribution in [0.25, 0.3) is 0 Å². The number of rotatable bonds is 2. The zero-order valence-electron chi connectivity index (χ0n) is 13.8. The van der Waals surface area contributed by atoms with Gasteiger partial charge in [-0.3, -0.25) is 0 Å². The smallest absolute Gasteiger partial charge is 0.410 e. The number of halogens is 1. The van der Waals surface area contributed by atoms with Gasteiger partial charge in [0.05, 0.1) is 6.54 Å². The van der Waals surface area contributed by atoms with Crippen LogP contribution in [0.15, 0.2) is 22.5 Å². The Morgan fingerprint density at radius 3 is 2.43 bits per heavy atom. The summed E-state index contributed by atoms with van der Waals surface area (Å²) < 4.78 is 5.38. The van der Waals surface area contributed by atoms with Gasteiger partial charge >= 0.3 is 6.09 Å². The lowest BCUT2D eigenvalue weighted by Gasteiger charge is -2.36. The molecule has 0 unspecified atom stereocenters. The van der Waals surface area contributed by atoms with Crippen LogP contribution in [-0.4, -0.2) is 53.6 Å². The third kappa shape index (κ3) is 6.54. The van der Waals surface area contributed by atoms with Gasteiger partial charge < -0.3 is 20.3 Å². The Bertz CT molecular complexity index is 520. The highest BCUT2D eigenvalue weighted by Gasteiger charge is 2.26. The van der Waals surface area contributed by atoms with Crippen molar-refractivity contribution in [3.63, 3.8) is 0 Å². The fourth-order valence-corrected chi connectivity index (χ4v) is 2.73. The summed E-state index contributed by atoms with van der Waals surface area (Å²) in [5, 5.41) is 2.03. The molecule has 0 atom stereocenters. The summed E-state index contributed by atoms with van der Waals surface area (Å²) in [7, 11) is 0. The molecule has 130 valence electrons. The molecule has 2 N–H and O–H groups in total. The first kappa shape index (κ1) is 20.0. The fraction of sp³-hybridized carbons (Fsp3) is 0.600. The number of nitrogens with zero attached hydrogens (tertiary/aromatic N) is 3. The van der Waals surface area contributed by atoms with Crippen LogP contribution in [0.3, 0.4) is 0 Å². The van der Waals surface area contributed by atoms with Crippen LogP contribution in [0.2, 0.25) is 0 Å². The highest BCUT2D eigenvalue weighted by atomic mass is 127. The molecule has 23 heavy (non-hydrogen) atoms. The first-order chi connectivity index (χ1) is 10.3. The van der Waals surface area contributed by atoms with Gasteiger partial charge in [0.15, 0.2) is 5.96 Å². The molecule has 1 aliphatic heterocycles. The SMILES string of the molecule is CC(C)(C)OC(=O)N1CCN(C(N)=NCc2cccs2)CC1.I. The van der Waals surface area contributed by atoms with Crippen LogP contribution in [0.4, 0.5) is 4.79 Å². The quantitative estimate of drug-likeness (QED) is 0.426. The number of amides is 1. The van der Waals surface area contributed by atoms with Crippen LogP contribution in [0.1, 0.15) is 25.6 Å². The van der Waals surface area contributed by atoms with E-state index in [2.05, 4.69) is 4.99 Å². The molecule has 0 spiro atoms. The van der Waals surface area contributed by atoms with Crippen molar-refractivity contribution in [3.8, 4) is 0 Å². The molecule has 0 aromatic carbocycles. The molecule has 0 bridgehead atoms. The van der Waals surface area contributed by atoms with E-state index in [-0.39, 0.29) is 30.1 Å². The molecule has 0 aliphatic carbocycles. The van der Waals surface area contributed by atoms with Gasteiger partial charge in [-0.1, -0.05) is 6.07 Å². The molecule has 0 radical (unpaired) electrons. The standard InChI is InChI=1S/C15H24N4O2S.HI/c1-15(2,3)21-14(20)19-8-6-18(7-9-19)13(16)17-11-12-5-4-10-22-12;/h4-5,10H,6-9,11H2,1-3H3,(H2,16,17);1H. The van der Waals surface area contributed by atoms with Crippen molar-refractivity contribution in [1.29, 1.82) is 0 Å². The second kappa shape index (κ2) is 8.72. The van der Waals surface area contributed by atoms with Gasteiger partial charge in [-0.2, -0.15) is 0 Å². The van der Waals surface area contributed by atoms with Gasteiger partial charge in [0.1, 0.15) is 5.60 Å². The molecule has 1 saturated heterocycles. The summed E-state index contributed by atoms with van der Waals surface area (Å²) in [6.45, 7) is 8.78. The summed E-state index contributed by atoms with van der Waals surface area (Å²) in [5.74, 6) is 0.539. The molecule has 1 amide bonds. The molecule has 2 rings (SSSR count). The monoisotopic (exact) mass is 452 g/mol. The van der Waals surface area contributed by atoms with Crippen LogP contribution < -0.4 is 5.73 Å². The molecule has 1 fully saturated rings. The van der Waals surface area contributed by atoms with Gasteiger partial charge in [0.2, 0.25) is 0 Å². The molecule has 0 saturated carbocycles. The van der Waals surface area contributed by atoms with Crippen molar-refractivity contribution in [2.45, 2.75) is 32.9 Å². The Morgan fingerprint density at radius 2 is 1.91 bits per heavy atom. The molecular formula is C15H25IN4O2S. The maximum absolute atomic E-state index is 12.0. The number of piperazine rings is 1. The zero-order valence-corrected chi connectivity index (χ0v) is 17.0. The van der Waals surface area contributed by atoms with Crippen molar-refractivity contribution in [2.24, 2.45) is 10.7 Å². The molecule has 1 aliphatic rings. The lowest BCUT2D eigenvalue weighted by Crippen LogP contribution is -2.53. The Labute approximate surface area is 158 Å². The summed E-state index contributed by atoms with van der Waals surface area (Å²) >= 11 is 1.67. The van der Waals surface area contributed by atoms with E-state index >= 15 is 0 Å². The van der Waals surface area contributed by atoms with Crippen molar-refractivity contribution in [2.75, 3.05) is 26.2 Å². The summed E-state index contributed by atoms with van der Waals surface area (Å²) in [4.78, 5) is 21.3. The van der Waals surface area contributed by atoms with E-state index in [9.17, 15) is 4.79 Å². The van der Waals surface area contributed by atoms with E-state index in [0.717, 1.165) is 0 Å². The summed E-state index contributed by atoms with van der Waals surface area (Å²) in [6.07, 6.45) is -0.263. The Balaban J connectivity index is 0.00000264. The number of nitrogens with two attached hydrogens (primary N) is 1. The number of thiophene rings is 1. The summed E-state index contributed by atoms with van der Waals surface area (Å²) in [5.41, 5.74) is 5.57. The minimum absolute atomic E-state index is 0. The molecule has 8 heteroatoms. The zero-order chi connectivity index (χ0) is 16.2. The molecule has 2 heterocycles. The maximum Gasteiger partial charge on any atom is 0.410 e. The fourth-order valence-electron chi connectivity index (χ4n) is 2.11. The predicted octanol–water partition coefficient (Wildman–Crippen LogP) is 2.73. The van der Waals surface area contributed by atoms with Crippen LogP contribution in [-0.2, 0) is 11.3 Å². The summed E-state index contributed by atoms with van der Waals surface area (Å²) in [6, 6.07) is 4.05. The Morgan fingerprint density at radius 1 is 1.30 bits per heavy atom. The first-order valence-corrected chi connectivity index (χ1v) is 8.28. The average molecular weight is 452 g/mol. The Kier molecular flexibility index (Phi) is 7.59. The highest BCUT2D eigenvalue weighted by Crippen LogP contribution is 2.12. The van der Waals surface area contributed by atoms with Crippen molar-refractivity contribution >= 4 is 47.4 Å². The normalized spacial score (nSPS) is 16.0. The van der Waals surface area contributed by atoms with Gasteiger partial charge in [-0.25, -0.2) is 9.79 Å². The number of carbonyl (C=O) groups is 1. The van der Waals surface area contributed by atoms with Gasteiger partial charge in [-0.05, 0) is 32.2 Å². The molecular weight excluding hydrogens is 427 g/mol. The third-order valence-corrected chi connectivity index (χ3v) is 4.09. The van der Waals surface area contributed by atoms with Crippen molar-refractivity contribution in [1.82, 2.24) is 9.80 Å². The van der Waals surface area contributed by atoms with E-state index in [4.69, 9.17) is 10.5 Å². The largest absolute Gasteiger partial charge is 0.444 e. The minimum atomic E-state index is -0.463. The van der Waals surface area contributed by atoms with Crippen LogP contribution >= 0.6 is 35.3 Å². The third-order valence-electron chi connectivity index (χ3n) is 3.23. The first-order valence-electron chi connectivity index (χ1n) is 7.40. The molecule has 1 aromatic heterocycles. The van der Waals surface area contributed by atoms with Crippen LogP contribution in [0.5, 0.6) is 0 Å². The molecule has 1 aromatic rings.